The molecule has 0 bridgehead atoms. The monoisotopic (exact) mass is 330 g/mol. The van der Waals surface area contributed by atoms with E-state index < -0.39 is 5.92 Å². The van der Waals surface area contributed by atoms with Crippen LogP contribution < -0.4 is 0 Å². The largest absolute Gasteiger partial charge is 0.299 e. The van der Waals surface area contributed by atoms with E-state index in [1.165, 1.54) is 0 Å². The second-order valence-electron chi connectivity index (χ2n) is 6.18. The van der Waals surface area contributed by atoms with Gasteiger partial charge < -0.3 is 0 Å². The molecule has 2 unspecified atom stereocenters. The first kappa shape index (κ1) is 20.3. The van der Waals surface area contributed by atoms with E-state index in [0.717, 1.165) is 24.8 Å². The summed E-state index contributed by atoms with van der Waals surface area (Å²) >= 11 is 0. The molecule has 132 valence electrons. The van der Waals surface area contributed by atoms with Gasteiger partial charge in [-0.2, -0.15) is 0 Å². The van der Waals surface area contributed by atoms with Gasteiger partial charge >= 0.3 is 0 Å². The van der Waals surface area contributed by atoms with Gasteiger partial charge in [0.05, 0.1) is 0 Å². The van der Waals surface area contributed by atoms with Crippen LogP contribution in [0.4, 0.5) is 0 Å². The number of Topliss-reactive ketones (excluding diaryl/α,β-unsaturated/α-hetero) is 3. The van der Waals surface area contributed by atoms with Gasteiger partial charge in [-0.1, -0.05) is 51.2 Å². The van der Waals surface area contributed by atoms with Crippen molar-refractivity contribution in [2.45, 2.75) is 65.7 Å². The fourth-order valence-electron chi connectivity index (χ4n) is 3.00. The summed E-state index contributed by atoms with van der Waals surface area (Å²) in [4.78, 5) is 36.6. The van der Waals surface area contributed by atoms with Crippen LogP contribution in [0, 0.1) is 11.8 Å². The minimum Gasteiger partial charge on any atom is -0.299 e. The smallest absolute Gasteiger partial charge is 0.158 e. The van der Waals surface area contributed by atoms with Crippen LogP contribution in [0.5, 0.6) is 0 Å². The molecule has 0 heterocycles. The number of carbonyl (C=O) groups is 3. The topological polar surface area (TPSA) is 51.2 Å². The Balaban J connectivity index is 3.10. The molecule has 1 aliphatic carbocycles. The zero-order chi connectivity index (χ0) is 17.9. The van der Waals surface area contributed by atoms with Gasteiger partial charge in [-0.3, -0.25) is 14.4 Å². The van der Waals surface area contributed by atoms with Crippen molar-refractivity contribution in [1.29, 1.82) is 0 Å². The van der Waals surface area contributed by atoms with E-state index in [2.05, 4.69) is 0 Å². The van der Waals surface area contributed by atoms with Crippen LogP contribution in [0.2, 0.25) is 0 Å². The van der Waals surface area contributed by atoms with Crippen LogP contribution in [-0.4, -0.2) is 17.3 Å². The first-order valence-corrected chi connectivity index (χ1v) is 9.16. The van der Waals surface area contributed by atoms with E-state index >= 15 is 0 Å². The highest BCUT2D eigenvalue weighted by molar-refractivity contribution is 5.95. The molecule has 0 saturated carbocycles. The Kier molecular flexibility index (Phi) is 9.21. The Bertz CT molecular complexity index is 537. The Labute approximate surface area is 145 Å². The quantitative estimate of drug-likeness (QED) is 0.659. The van der Waals surface area contributed by atoms with E-state index in [1.807, 2.05) is 51.2 Å². The zero-order valence-electron chi connectivity index (χ0n) is 15.2. The van der Waals surface area contributed by atoms with Crippen molar-refractivity contribution in [3.05, 3.63) is 36.0 Å². The molecule has 0 fully saturated rings. The Morgan fingerprint density at radius 3 is 2.04 bits per heavy atom. The van der Waals surface area contributed by atoms with Gasteiger partial charge in [0.1, 0.15) is 11.6 Å². The molecule has 0 aromatic carbocycles. The van der Waals surface area contributed by atoms with Crippen LogP contribution >= 0.6 is 0 Å². The first-order valence-electron chi connectivity index (χ1n) is 9.16. The maximum Gasteiger partial charge on any atom is 0.158 e. The molecule has 3 heteroatoms. The first-order chi connectivity index (χ1) is 11.5. The zero-order valence-corrected chi connectivity index (χ0v) is 15.2. The number of hydrogen-bond donors (Lipinski definition) is 0. The Hall–Kier alpha value is -1.77. The normalized spacial score (nSPS) is 27.0. The number of allylic oxidation sites excluding steroid dienone is 6. The van der Waals surface area contributed by atoms with E-state index in [-0.39, 0.29) is 23.3 Å². The highest BCUT2D eigenvalue weighted by Crippen LogP contribution is 2.23. The standard InChI is InChI=1S/C21H30O3/c1-4-19(22)16-12-8-7-9-14-17(20(23)5-2)18(21(24)6-3)15-11-10-13-16/h9,11,13-15,17-18H,4-8,10,12H2,1-3H3/b14-9+,15-11+,16-13-. The van der Waals surface area contributed by atoms with Gasteiger partial charge in [0, 0.05) is 31.1 Å². The summed E-state index contributed by atoms with van der Waals surface area (Å²) in [5.41, 5.74) is 0.885. The molecule has 0 radical (unpaired) electrons. The number of carbonyl (C=O) groups excluding carboxylic acids is 3. The highest BCUT2D eigenvalue weighted by Gasteiger charge is 2.27. The molecule has 24 heavy (non-hydrogen) atoms. The fourth-order valence-corrected chi connectivity index (χ4v) is 3.00. The molecule has 0 aromatic rings. The molecular weight excluding hydrogens is 300 g/mol. The maximum absolute atomic E-state index is 12.3. The molecule has 2 atom stereocenters. The lowest BCUT2D eigenvalue weighted by molar-refractivity contribution is -0.129. The summed E-state index contributed by atoms with van der Waals surface area (Å²) in [6.07, 6.45) is 14.1. The Morgan fingerprint density at radius 2 is 1.50 bits per heavy atom. The van der Waals surface area contributed by atoms with Crippen molar-refractivity contribution in [2.75, 3.05) is 0 Å². The van der Waals surface area contributed by atoms with Crippen LogP contribution in [0.3, 0.4) is 0 Å². The third-order valence-corrected chi connectivity index (χ3v) is 4.51. The summed E-state index contributed by atoms with van der Waals surface area (Å²) in [7, 11) is 0. The van der Waals surface area contributed by atoms with E-state index in [4.69, 9.17) is 0 Å². The number of hydrogen-bond acceptors (Lipinski definition) is 3. The molecule has 0 spiro atoms. The van der Waals surface area contributed by atoms with Gasteiger partial charge in [0.2, 0.25) is 0 Å². The second-order valence-corrected chi connectivity index (χ2v) is 6.18. The third kappa shape index (κ3) is 6.03. The van der Waals surface area contributed by atoms with Crippen molar-refractivity contribution in [3.8, 4) is 0 Å². The summed E-state index contributed by atoms with van der Waals surface area (Å²) in [5, 5.41) is 0. The van der Waals surface area contributed by atoms with Crippen molar-refractivity contribution in [2.24, 2.45) is 11.8 Å². The van der Waals surface area contributed by atoms with Crippen LogP contribution in [-0.2, 0) is 14.4 Å². The molecular formula is C21H30O3. The Morgan fingerprint density at radius 1 is 0.917 bits per heavy atom. The summed E-state index contributed by atoms with van der Waals surface area (Å²) in [5.74, 6) is -0.355. The van der Waals surface area contributed by atoms with Gasteiger partial charge in [0.25, 0.3) is 0 Å². The van der Waals surface area contributed by atoms with Crippen molar-refractivity contribution >= 4 is 17.3 Å². The lowest BCUT2D eigenvalue weighted by atomic mass is 9.82. The van der Waals surface area contributed by atoms with Crippen LogP contribution in [0.25, 0.3) is 0 Å². The van der Waals surface area contributed by atoms with E-state index in [1.54, 1.807) is 0 Å². The molecule has 1 rings (SSSR count). The molecule has 1 aliphatic rings. The minimum absolute atomic E-state index is 0.0913. The summed E-state index contributed by atoms with van der Waals surface area (Å²) < 4.78 is 0. The molecule has 0 N–H and O–H groups in total. The molecule has 3 nitrogen and oxygen atoms in total. The minimum atomic E-state index is -0.392. The van der Waals surface area contributed by atoms with Crippen molar-refractivity contribution < 1.29 is 14.4 Å². The third-order valence-electron chi connectivity index (χ3n) is 4.51. The van der Waals surface area contributed by atoms with Crippen LogP contribution in [0.1, 0.15) is 65.7 Å². The fraction of sp³-hybridized carbons (Fsp3) is 0.571. The molecule has 0 aliphatic heterocycles. The maximum atomic E-state index is 12.3. The predicted octanol–water partition coefficient (Wildman–Crippen LogP) is 4.77. The average molecular weight is 330 g/mol. The SMILES string of the molecule is CCC(=O)/C1=C\C/C=C/C(C(=O)CC)C(C(=O)CC)/C=C/CCC1. The van der Waals surface area contributed by atoms with Crippen LogP contribution in [0.15, 0.2) is 36.0 Å². The van der Waals surface area contributed by atoms with Gasteiger partial charge in [-0.25, -0.2) is 0 Å². The highest BCUT2D eigenvalue weighted by atomic mass is 16.1. The van der Waals surface area contributed by atoms with E-state index in [0.29, 0.717) is 25.7 Å². The summed E-state index contributed by atoms with van der Waals surface area (Å²) in [6, 6.07) is 0. The molecule has 0 saturated heterocycles. The lowest BCUT2D eigenvalue weighted by Gasteiger charge is -2.19. The molecule has 0 aromatic heterocycles. The van der Waals surface area contributed by atoms with Crippen molar-refractivity contribution in [1.82, 2.24) is 0 Å². The molecule has 0 amide bonds. The predicted molar refractivity (Wildman–Crippen MR) is 97.7 cm³/mol. The van der Waals surface area contributed by atoms with Crippen molar-refractivity contribution in [3.63, 3.8) is 0 Å². The number of rotatable bonds is 6. The van der Waals surface area contributed by atoms with Gasteiger partial charge in [-0.15, -0.1) is 0 Å². The number of ketones is 3. The van der Waals surface area contributed by atoms with Gasteiger partial charge in [0.15, 0.2) is 5.78 Å². The lowest BCUT2D eigenvalue weighted by Crippen LogP contribution is -2.26. The van der Waals surface area contributed by atoms with Gasteiger partial charge in [-0.05, 0) is 31.3 Å². The second kappa shape index (κ2) is 10.9. The average Bonchev–Trinajstić information content (AvgIpc) is 2.60. The van der Waals surface area contributed by atoms with E-state index in [9.17, 15) is 14.4 Å². The summed E-state index contributed by atoms with van der Waals surface area (Å²) in [6.45, 7) is 5.56.